The minimum atomic E-state index is -1.99. The largest absolute Gasteiger partial charge is 0.466 e. The third-order valence-corrected chi connectivity index (χ3v) is 8.40. The summed E-state index contributed by atoms with van der Waals surface area (Å²) in [7, 11) is -1.99. The lowest BCUT2D eigenvalue weighted by molar-refractivity contribution is -0.145. The summed E-state index contributed by atoms with van der Waals surface area (Å²) in [6.07, 6.45) is 1.59. The molecule has 0 spiro atoms. The Morgan fingerprint density at radius 3 is 2.48 bits per heavy atom. The molecule has 1 atom stereocenters. The quantitative estimate of drug-likeness (QED) is 0.586. The first kappa shape index (κ1) is 17.8. The highest BCUT2D eigenvalue weighted by molar-refractivity contribution is 6.74. The summed E-state index contributed by atoms with van der Waals surface area (Å²) in [6.45, 7) is 13.1. The van der Waals surface area contributed by atoms with E-state index in [0.717, 1.165) is 5.69 Å². The van der Waals surface area contributed by atoms with E-state index in [1.807, 2.05) is 25.1 Å². The van der Waals surface area contributed by atoms with Crippen molar-refractivity contribution in [2.75, 3.05) is 6.61 Å². The monoisotopic (exact) mass is 309 g/mol. The van der Waals surface area contributed by atoms with Gasteiger partial charge in [-0.25, -0.2) is 0 Å². The van der Waals surface area contributed by atoms with Gasteiger partial charge in [-0.15, -0.1) is 0 Å². The Morgan fingerprint density at radius 2 is 2.00 bits per heavy atom. The van der Waals surface area contributed by atoms with E-state index < -0.39 is 8.32 Å². The van der Waals surface area contributed by atoms with Gasteiger partial charge in [-0.1, -0.05) is 26.8 Å². The van der Waals surface area contributed by atoms with E-state index in [9.17, 15) is 4.79 Å². The van der Waals surface area contributed by atoms with Crippen molar-refractivity contribution in [1.29, 1.82) is 0 Å². The highest BCUT2D eigenvalue weighted by Gasteiger charge is 2.40. The SMILES string of the molecule is CCOC(=O)CC(O[Si](C)(C)C(C)(C)C)c1ccccn1. The molecule has 0 N–H and O–H groups in total. The van der Waals surface area contributed by atoms with Crippen LogP contribution in [0.25, 0.3) is 0 Å². The number of esters is 1. The van der Waals surface area contributed by atoms with Crippen LogP contribution in [0.5, 0.6) is 0 Å². The number of aromatic nitrogens is 1. The summed E-state index contributed by atoms with van der Waals surface area (Å²) in [5, 5.41) is 0.0781. The van der Waals surface area contributed by atoms with Crippen molar-refractivity contribution in [3.63, 3.8) is 0 Å². The molecule has 0 aliphatic rings. The molecule has 21 heavy (non-hydrogen) atoms. The molecule has 0 saturated heterocycles. The Balaban J connectivity index is 2.95. The molecule has 0 aromatic carbocycles. The summed E-state index contributed by atoms with van der Waals surface area (Å²) in [5.41, 5.74) is 0.787. The summed E-state index contributed by atoms with van der Waals surface area (Å²) < 4.78 is 11.4. The van der Waals surface area contributed by atoms with E-state index in [2.05, 4.69) is 38.8 Å². The fourth-order valence-corrected chi connectivity index (χ4v) is 2.95. The average molecular weight is 309 g/mol. The molecule has 0 aliphatic carbocycles. The summed E-state index contributed by atoms with van der Waals surface area (Å²) in [6, 6.07) is 5.67. The summed E-state index contributed by atoms with van der Waals surface area (Å²) in [5.74, 6) is -0.244. The molecular formula is C16H27NO3Si. The predicted octanol–water partition coefficient (Wildman–Crippen LogP) is 4.10. The van der Waals surface area contributed by atoms with Crippen LogP contribution in [0.15, 0.2) is 24.4 Å². The fraction of sp³-hybridized carbons (Fsp3) is 0.625. The van der Waals surface area contributed by atoms with Gasteiger partial charge >= 0.3 is 5.97 Å². The van der Waals surface area contributed by atoms with Gasteiger partial charge in [-0.2, -0.15) is 0 Å². The van der Waals surface area contributed by atoms with Crippen LogP contribution in [0, 0.1) is 0 Å². The molecule has 0 saturated carbocycles. The number of nitrogens with zero attached hydrogens (tertiary/aromatic N) is 1. The zero-order valence-electron chi connectivity index (χ0n) is 14.0. The Morgan fingerprint density at radius 1 is 1.33 bits per heavy atom. The Labute approximate surface area is 129 Å². The molecule has 0 bridgehead atoms. The minimum absolute atomic E-state index is 0.0781. The number of hydrogen-bond acceptors (Lipinski definition) is 4. The highest BCUT2D eigenvalue weighted by Crippen LogP contribution is 2.40. The van der Waals surface area contributed by atoms with Crippen LogP contribution in [0.4, 0.5) is 0 Å². The third-order valence-electron chi connectivity index (χ3n) is 3.92. The third kappa shape index (κ3) is 5.25. The zero-order valence-corrected chi connectivity index (χ0v) is 15.0. The average Bonchev–Trinajstić information content (AvgIpc) is 2.37. The lowest BCUT2D eigenvalue weighted by atomic mass is 10.2. The summed E-state index contributed by atoms with van der Waals surface area (Å²) >= 11 is 0. The van der Waals surface area contributed by atoms with E-state index >= 15 is 0 Å². The standard InChI is InChI=1S/C16H27NO3Si/c1-7-19-15(18)12-14(13-10-8-9-11-17-13)20-21(5,6)16(2,3)4/h8-11,14H,7,12H2,1-6H3. The topological polar surface area (TPSA) is 48.4 Å². The van der Waals surface area contributed by atoms with E-state index in [0.29, 0.717) is 6.61 Å². The molecule has 0 radical (unpaired) electrons. The van der Waals surface area contributed by atoms with Crippen molar-refractivity contribution < 1.29 is 14.0 Å². The van der Waals surface area contributed by atoms with Crippen LogP contribution in [0.3, 0.4) is 0 Å². The predicted molar refractivity (Wildman–Crippen MR) is 86.5 cm³/mol. The van der Waals surface area contributed by atoms with Gasteiger partial charge < -0.3 is 9.16 Å². The van der Waals surface area contributed by atoms with Crippen LogP contribution in [-0.2, 0) is 14.0 Å². The van der Waals surface area contributed by atoms with Gasteiger partial charge in [0.1, 0.15) is 0 Å². The first-order chi connectivity index (χ1) is 9.67. The smallest absolute Gasteiger partial charge is 0.308 e. The molecule has 1 unspecified atom stereocenters. The van der Waals surface area contributed by atoms with Gasteiger partial charge in [-0.05, 0) is 37.2 Å². The first-order valence-corrected chi connectivity index (χ1v) is 10.3. The summed E-state index contributed by atoms with van der Waals surface area (Å²) in [4.78, 5) is 16.2. The fourth-order valence-electron chi connectivity index (χ4n) is 1.68. The number of ether oxygens (including phenoxy) is 1. The molecule has 1 aromatic rings. The van der Waals surface area contributed by atoms with Crippen LogP contribution in [-0.4, -0.2) is 25.9 Å². The molecule has 4 nitrogen and oxygen atoms in total. The maximum Gasteiger partial charge on any atom is 0.308 e. The lowest BCUT2D eigenvalue weighted by Crippen LogP contribution is -2.42. The molecule has 1 heterocycles. The van der Waals surface area contributed by atoms with E-state index in [1.165, 1.54) is 0 Å². The Kier molecular flexibility index (Phi) is 6.10. The second-order valence-corrected chi connectivity index (χ2v) is 11.4. The maximum atomic E-state index is 11.8. The number of rotatable bonds is 6. The second kappa shape index (κ2) is 7.18. The molecule has 0 amide bonds. The molecule has 0 fully saturated rings. The molecule has 1 aromatic heterocycles. The van der Waals surface area contributed by atoms with Gasteiger partial charge in [0.05, 0.1) is 24.8 Å². The molecular weight excluding hydrogens is 282 g/mol. The number of hydrogen-bond donors (Lipinski definition) is 0. The van der Waals surface area contributed by atoms with Gasteiger partial charge in [0.2, 0.25) is 0 Å². The molecule has 5 heteroatoms. The van der Waals surface area contributed by atoms with Crippen molar-refractivity contribution in [2.45, 2.75) is 58.4 Å². The van der Waals surface area contributed by atoms with Gasteiger partial charge in [-0.3, -0.25) is 9.78 Å². The molecule has 1 rings (SSSR count). The van der Waals surface area contributed by atoms with Crippen LogP contribution < -0.4 is 0 Å². The maximum absolute atomic E-state index is 11.8. The Hall–Kier alpha value is -1.20. The number of carbonyl (C=O) groups is 1. The van der Waals surface area contributed by atoms with Crippen molar-refractivity contribution >= 4 is 14.3 Å². The van der Waals surface area contributed by atoms with E-state index in [-0.39, 0.29) is 23.5 Å². The van der Waals surface area contributed by atoms with Gasteiger partial charge in [0.25, 0.3) is 0 Å². The number of pyridine rings is 1. The lowest BCUT2D eigenvalue weighted by Gasteiger charge is -2.39. The van der Waals surface area contributed by atoms with Gasteiger partial charge in [0, 0.05) is 6.20 Å². The van der Waals surface area contributed by atoms with E-state index in [1.54, 1.807) is 6.20 Å². The molecule has 118 valence electrons. The van der Waals surface area contributed by atoms with Crippen molar-refractivity contribution in [3.8, 4) is 0 Å². The first-order valence-electron chi connectivity index (χ1n) is 7.41. The Bertz CT molecular complexity index is 454. The normalized spacial score (nSPS) is 13.8. The second-order valence-electron chi connectivity index (χ2n) is 6.63. The van der Waals surface area contributed by atoms with Crippen molar-refractivity contribution in [1.82, 2.24) is 4.98 Å². The zero-order chi connectivity index (χ0) is 16.1. The van der Waals surface area contributed by atoms with Crippen molar-refractivity contribution in [3.05, 3.63) is 30.1 Å². The van der Waals surface area contributed by atoms with E-state index in [4.69, 9.17) is 9.16 Å². The van der Waals surface area contributed by atoms with Crippen LogP contribution in [0.1, 0.15) is 45.9 Å². The van der Waals surface area contributed by atoms with Crippen LogP contribution >= 0.6 is 0 Å². The van der Waals surface area contributed by atoms with Crippen molar-refractivity contribution in [2.24, 2.45) is 0 Å². The highest BCUT2D eigenvalue weighted by atomic mass is 28.4. The van der Waals surface area contributed by atoms with Gasteiger partial charge in [0.15, 0.2) is 8.32 Å². The molecule has 0 aliphatic heterocycles. The number of carbonyl (C=O) groups excluding carboxylic acids is 1. The minimum Gasteiger partial charge on any atom is -0.466 e. The van der Waals surface area contributed by atoms with Crippen LogP contribution in [0.2, 0.25) is 18.1 Å².